The summed E-state index contributed by atoms with van der Waals surface area (Å²) in [6, 6.07) is 9.98. The smallest absolute Gasteiger partial charge is 0.229 e. The monoisotopic (exact) mass is 272 g/mol. The number of pyridine rings is 1. The van der Waals surface area contributed by atoms with Gasteiger partial charge in [0, 0.05) is 18.0 Å². The van der Waals surface area contributed by atoms with Crippen LogP contribution in [0.3, 0.4) is 0 Å². The van der Waals surface area contributed by atoms with E-state index >= 15 is 0 Å². The van der Waals surface area contributed by atoms with Crippen molar-refractivity contribution < 1.29 is 0 Å². The summed E-state index contributed by atoms with van der Waals surface area (Å²) in [5, 5.41) is 9.55. The summed E-state index contributed by atoms with van der Waals surface area (Å²) in [5.41, 5.74) is 1.94. The predicted octanol–water partition coefficient (Wildman–Crippen LogP) is 3.42. The molecule has 0 unspecified atom stereocenters. The molecule has 0 atom stereocenters. The van der Waals surface area contributed by atoms with Crippen LogP contribution in [0.5, 0.6) is 0 Å². The van der Waals surface area contributed by atoms with Crippen molar-refractivity contribution in [2.45, 2.75) is 19.8 Å². The lowest BCUT2D eigenvalue weighted by atomic mass is 10.2. The molecule has 4 nitrogen and oxygen atoms in total. The molecule has 1 aromatic carbocycles. The van der Waals surface area contributed by atoms with Crippen LogP contribution in [0.2, 0.25) is 5.28 Å². The maximum absolute atomic E-state index is 6.14. The highest BCUT2D eigenvalue weighted by Crippen LogP contribution is 2.21. The van der Waals surface area contributed by atoms with Gasteiger partial charge in [-0.2, -0.15) is 0 Å². The number of fused-ring (bicyclic) bond motifs is 1. The normalized spacial score (nSPS) is 11.1. The van der Waals surface area contributed by atoms with Gasteiger partial charge in [-0.05, 0) is 42.3 Å². The SMILES string of the molecule is CCCc1nnc(Cl)n1-c1ccc2ncccc2c1. The van der Waals surface area contributed by atoms with Crippen LogP contribution in [0.25, 0.3) is 16.6 Å². The summed E-state index contributed by atoms with van der Waals surface area (Å²) in [6.07, 6.45) is 3.64. The lowest BCUT2D eigenvalue weighted by molar-refractivity contribution is 0.803. The van der Waals surface area contributed by atoms with Crippen LogP contribution < -0.4 is 0 Å². The van der Waals surface area contributed by atoms with Gasteiger partial charge in [-0.3, -0.25) is 9.55 Å². The largest absolute Gasteiger partial charge is 0.270 e. The standard InChI is InChI=1S/C14H13ClN4/c1-2-4-13-17-18-14(15)19(13)11-6-7-12-10(9-11)5-3-8-16-12/h3,5-9H,2,4H2,1H3. The van der Waals surface area contributed by atoms with Crippen LogP contribution in [-0.4, -0.2) is 19.7 Å². The van der Waals surface area contributed by atoms with Crippen LogP contribution in [0.1, 0.15) is 19.2 Å². The molecule has 0 spiro atoms. The Bertz CT molecular complexity index is 720. The van der Waals surface area contributed by atoms with E-state index in [4.69, 9.17) is 11.6 Å². The van der Waals surface area contributed by atoms with Crippen molar-refractivity contribution in [3.63, 3.8) is 0 Å². The molecule has 0 aliphatic rings. The van der Waals surface area contributed by atoms with Gasteiger partial charge in [-0.15, -0.1) is 10.2 Å². The van der Waals surface area contributed by atoms with Gasteiger partial charge in [0.1, 0.15) is 5.82 Å². The van der Waals surface area contributed by atoms with Gasteiger partial charge >= 0.3 is 0 Å². The Morgan fingerprint density at radius 1 is 1.21 bits per heavy atom. The summed E-state index contributed by atoms with van der Waals surface area (Å²) in [4.78, 5) is 4.31. The maximum Gasteiger partial charge on any atom is 0.229 e. The van der Waals surface area contributed by atoms with Crippen LogP contribution in [0.15, 0.2) is 36.5 Å². The molecule has 19 heavy (non-hydrogen) atoms. The second kappa shape index (κ2) is 4.97. The molecule has 0 aliphatic carbocycles. The van der Waals surface area contributed by atoms with Crippen molar-refractivity contribution in [3.8, 4) is 5.69 Å². The summed E-state index contributed by atoms with van der Waals surface area (Å²) in [6.45, 7) is 2.11. The van der Waals surface area contributed by atoms with Gasteiger partial charge in [-0.25, -0.2) is 0 Å². The topological polar surface area (TPSA) is 43.6 Å². The lowest BCUT2D eigenvalue weighted by Crippen LogP contribution is -2.01. The molecule has 5 heteroatoms. The first-order valence-electron chi connectivity index (χ1n) is 6.24. The number of benzene rings is 1. The third kappa shape index (κ3) is 2.19. The summed E-state index contributed by atoms with van der Waals surface area (Å²) < 4.78 is 1.89. The zero-order chi connectivity index (χ0) is 13.2. The Morgan fingerprint density at radius 3 is 2.95 bits per heavy atom. The summed E-state index contributed by atoms with van der Waals surface area (Å²) in [5.74, 6) is 0.885. The van der Waals surface area contributed by atoms with E-state index in [1.54, 1.807) is 6.20 Å². The fourth-order valence-corrected chi connectivity index (χ4v) is 2.37. The van der Waals surface area contributed by atoms with E-state index in [-0.39, 0.29) is 0 Å². The molecule has 96 valence electrons. The molecular weight excluding hydrogens is 260 g/mol. The fourth-order valence-electron chi connectivity index (χ4n) is 2.14. The van der Waals surface area contributed by atoms with Gasteiger partial charge in [0.15, 0.2) is 0 Å². The highest BCUT2D eigenvalue weighted by atomic mass is 35.5. The molecule has 3 aromatic rings. The van der Waals surface area contributed by atoms with Crippen molar-refractivity contribution in [3.05, 3.63) is 47.6 Å². The van der Waals surface area contributed by atoms with E-state index in [1.165, 1.54) is 0 Å². The first-order chi connectivity index (χ1) is 9.29. The van der Waals surface area contributed by atoms with Crippen molar-refractivity contribution in [1.29, 1.82) is 0 Å². The first-order valence-corrected chi connectivity index (χ1v) is 6.62. The number of nitrogens with zero attached hydrogens (tertiary/aromatic N) is 4. The van der Waals surface area contributed by atoms with Crippen LogP contribution >= 0.6 is 11.6 Å². The molecule has 2 aromatic heterocycles. The molecule has 0 saturated carbocycles. The van der Waals surface area contributed by atoms with E-state index < -0.39 is 0 Å². The quantitative estimate of drug-likeness (QED) is 0.734. The number of hydrogen-bond donors (Lipinski definition) is 0. The van der Waals surface area contributed by atoms with Crippen molar-refractivity contribution in [2.24, 2.45) is 0 Å². The Labute approximate surface area is 116 Å². The van der Waals surface area contributed by atoms with Crippen molar-refractivity contribution in [2.75, 3.05) is 0 Å². The Balaban J connectivity index is 2.16. The average molecular weight is 273 g/mol. The number of rotatable bonds is 3. The molecule has 0 fully saturated rings. The summed E-state index contributed by atoms with van der Waals surface area (Å²) in [7, 11) is 0. The number of halogens is 1. The molecule has 0 N–H and O–H groups in total. The molecule has 3 rings (SSSR count). The van der Waals surface area contributed by atoms with Gasteiger partial charge in [0.2, 0.25) is 5.28 Å². The second-order valence-corrected chi connectivity index (χ2v) is 4.69. The Morgan fingerprint density at radius 2 is 2.11 bits per heavy atom. The van der Waals surface area contributed by atoms with E-state index in [2.05, 4.69) is 28.2 Å². The third-order valence-corrected chi connectivity index (χ3v) is 3.25. The number of hydrogen-bond acceptors (Lipinski definition) is 3. The fraction of sp³-hybridized carbons (Fsp3) is 0.214. The first kappa shape index (κ1) is 12.1. The molecule has 2 heterocycles. The minimum atomic E-state index is 0.395. The molecule has 0 bridgehead atoms. The van der Waals surface area contributed by atoms with Gasteiger partial charge in [-0.1, -0.05) is 13.0 Å². The van der Waals surface area contributed by atoms with E-state index in [9.17, 15) is 0 Å². The number of aryl methyl sites for hydroxylation is 1. The zero-order valence-corrected chi connectivity index (χ0v) is 11.3. The highest BCUT2D eigenvalue weighted by Gasteiger charge is 2.11. The average Bonchev–Trinajstić information content (AvgIpc) is 2.80. The second-order valence-electron chi connectivity index (χ2n) is 4.35. The third-order valence-electron chi connectivity index (χ3n) is 3.01. The van der Waals surface area contributed by atoms with Crippen LogP contribution in [0.4, 0.5) is 0 Å². The zero-order valence-electron chi connectivity index (χ0n) is 10.5. The molecule has 0 amide bonds. The van der Waals surface area contributed by atoms with E-state index in [0.717, 1.165) is 35.3 Å². The van der Waals surface area contributed by atoms with E-state index in [1.807, 2.05) is 28.8 Å². The molecular formula is C14H13ClN4. The number of aromatic nitrogens is 4. The lowest BCUT2D eigenvalue weighted by Gasteiger charge is -2.08. The molecule has 0 saturated heterocycles. The maximum atomic E-state index is 6.14. The minimum absolute atomic E-state index is 0.395. The Hall–Kier alpha value is -1.94. The van der Waals surface area contributed by atoms with E-state index in [0.29, 0.717) is 5.28 Å². The van der Waals surface area contributed by atoms with Crippen LogP contribution in [0, 0.1) is 0 Å². The minimum Gasteiger partial charge on any atom is -0.270 e. The van der Waals surface area contributed by atoms with Crippen molar-refractivity contribution >= 4 is 22.5 Å². The molecule has 0 radical (unpaired) electrons. The summed E-state index contributed by atoms with van der Waals surface area (Å²) >= 11 is 6.14. The molecule has 0 aliphatic heterocycles. The predicted molar refractivity (Wildman–Crippen MR) is 75.7 cm³/mol. The highest BCUT2D eigenvalue weighted by molar-refractivity contribution is 6.28. The van der Waals surface area contributed by atoms with Crippen molar-refractivity contribution in [1.82, 2.24) is 19.7 Å². The van der Waals surface area contributed by atoms with Gasteiger partial charge in [0.25, 0.3) is 0 Å². The van der Waals surface area contributed by atoms with Gasteiger partial charge < -0.3 is 0 Å². The Kier molecular flexibility index (Phi) is 3.17. The van der Waals surface area contributed by atoms with Crippen LogP contribution in [-0.2, 0) is 6.42 Å². The van der Waals surface area contributed by atoms with Gasteiger partial charge in [0.05, 0.1) is 11.2 Å².